The molecule has 0 unspecified atom stereocenters. The summed E-state index contributed by atoms with van der Waals surface area (Å²) in [5.41, 5.74) is 2.53. The molecule has 1 saturated heterocycles. The van der Waals surface area contributed by atoms with Crippen molar-refractivity contribution in [2.45, 2.75) is 56.8 Å². The van der Waals surface area contributed by atoms with Crippen LogP contribution in [0.25, 0.3) is 0 Å². The molecule has 0 spiro atoms. The Hall–Kier alpha value is -3.97. The van der Waals surface area contributed by atoms with E-state index in [1.165, 1.54) is 0 Å². The van der Waals surface area contributed by atoms with Gasteiger partial charge >= 0.3 is 6.09 Å². The van der Waals surface area contributed by atoms with Gasteiger partial charge in [0.1, 0.15) is 0 Å². The first-order chi connectivity index (χ1) is 18.1. The maximum atomic E-state index is 14.4. The maximum Gasteiger partial charge on any atom is 0.408 e. The summed E-state index contributed by atoms with van der Waals surface area (Å²) in [5.74, 6) is -2.62. The summed E-state index contributed by atoms with van der Waals surface area (Å²) >= 11 is 0. The smallest absolute Gasteiger partial charge is 0.408 e. The number of carbonyl (C=O) groups excluding carboxylic acids is 3. The molecule has 3 amide bonds. The summed E-state index contributed by atoms with van der Waals surface area (Å²) < 4.78 is 33.6. The average molecular weight is 528 g/mol. The van der Waals surface area contributed by atoms with Crippen LogP contribution in [0.4, 0.5) is 13.6 Å². The van der Waals surface area contributed by atoms with E-state index in [0.717, 1.165) is 16.0 Å². The molecular weight excluding hydrogens is 496 g/mol. The minimum Gasteiger partial charge on any atom is -0.436 e. The van der Waals surface area contributed by atoms with Gasteiger partial charge in [0.05, 0.1) is 12.6 Å². The van der Waals surface area contributed by atoms with Crippen LogP contribution in [0.1, 0.15) is 29.5 Å². The third-order valence-electron chi connectivity index (χ3n) is 6.34. The van der Waals surface area contributed by atoms with Gasteiger partial charge in [0.15, 0.2) is 12.7 Å². The number of nitrogens with one attached hydrogen (secondary N) is 2. The number of hydrogen-bond donors (Lipinski definition) is 3. The van der Waals surface area contributed by atoms with Crippen LogP contribution >= 0.6 is 0 Å². The SMILES string of the molecule is C#CCOC(=O)N[C@@H](Cc1ccccc1)[C@H](O)C(=O)N1CC(F)(F)C[C@H]1CC(=O)NCc1ccccc1C. The molecule has 3 rings (SSSR count). The lowest BCUT2D eigenvalue weighted by Crippen LogP contribution is -2.54. The lowest BCUT2D eigenvalue weighted by molar-refractivity contribution is -0.144. The molecule has 202 valence electrons. The molecule has 2 aromatic rings. The number of aliphatic hydroxyl groups excluding tert-OH is 1. The quantitative estimate of drug-likeness (QED) is 0.412. The van der Waals surface area contributed by atoms with E-state index in [1.807, 2.05) is 31.2 Å². The van der Waals surface area contributed by atoms with Gasteiger partial charge in [-0.1, -0.05) is 60.5 Å². The van der Waals surface area contributed by atoms with Crippen LogP contribution in [-0.4, -0.2) is 65.2 Å². The molecule has 0 aliphatic carbocycles. The zero-order chi connectivity index (χ0) is 27.7. The standard InChI is InChI=1S/C28H31F2N3O5/c1-3-13-38-27(37)32-23(14-20-10-5-4-6-11-20)25(35)26(36)33-18-28(29,30)16-22(33)15-24(34)31-17-21-12-8-7-9-19(21)2/h1,4-12,22-23,25,35H,13-18H2,2H3,(H,31,34)(H,32,37)/t22-,23+,25+/m1/s1. The van der Waals surface area contributed by atoms with E-state index in [0.29, 0.717) is 5.56 Å². The van der Waals surface area contributed by atoms with Crippen molar-refractivity contribution >= 4 is 17.9 Å². The van der Waals surface area contributed by atoms with Gasteiger partial charge in [0, 0.05) is 25.4 Å². The molecule has 0 saturated carbocycles. The van der Waals surface area contributed by atoms with Crippen molar-refractivity contribution < 1.29 is 33.0 Å². The Morgan fingerprint density at radius 3 is 2.55 bits per heavy atom. The van der Waals surface area contributed by atoms with E-state index in [4.69, 9.17) is 11.2 Å². The Bertz CT molecular complexity index is 1170. The summed E-state index contributed by atoms with van der Waals surface area (Å²) in [6, 6.07) is 13.8. The van der Waals surface area contributed by atoms with Crippen LogP contribution in [0, 0.1) is 19.3 Å². The van der Waals surface area contributed by atoms with E-state index in [-0.39, 0.29) is 26.0 Å². The normalized spacial score (nSPS) is 17.7. The number of aryl methyl sites for hydroxylation is 1. The number of alkyl carbamates (subject to hydrolysis) is 1. The highest BCUT2D eigenvalue weighted by Gasteiger charge is 2.49. The predicted octanol–water partition coefficient (Wildman–Crippen LogP) is 2.57. The summed E-state index contributed by atoms with van der Waals surface area (Å²) in [5, 5.41) is 16.0. The number of aliphatic hydroxyl groups is 1. The molecule has 38 heavy (non-hydrogen) atoms. The zero-order valence-corrected chi connectivity index (χ0v) is 21.0. The van der Waals surface area contributed by atoms with Crippen molar-refractivity contribution in [2.75, 3.05) is 13.2 Å². The van der Waals surface area contributed by atoms with Gasteiger partial charge in [-0.15, -0.1) is 6.42 Å². The Kier molecular flexibility index (Phi) is 9.79. The number of amides is 3. The van der Waals surface area contributed by atoms with E-state index in [9.17, 15) is 28.3 Å². The first-order valence-electron chi connectivity index (χ1n) is 12.2. The van der Waals surface area contributed by atoms with Crippen LogP contribution in [0.2, 0.25) is 0 Å². The summed E-state index contributed by atoms with van der Waals surface area (Å²) in [6.45, 7) is 0.835. The number of terminal acetylenes is 1. The molecule has 3 N–H and O–H groups in total. The van der Waals surface area contributed by atoms with Gasteiger partial charge in [-0.2, -0.15) is 0 Å². The zero-order valence-electron chi connectivity index (χ0n) is 21.0. The van der Waals surface area contributed by atoms with Crippen molar-refractivity contribution in [1.82, 2.24) is 15.5 Å². The van der Waals surface area contributed by atoms with Gasteiger partial charge in [0.2, 0.25) is 5.91 Å². The fourth-order valence-electron chi connectivity index (χ4n) is 4.38. The number of halogens is 2. The van der Waals surface area contributed by atoms with Gasteiger partial charge in [0.25, 0.3) is 11.8 Å². The van der Waals surface area contributed by atoms with E-state index in [2.05, 4.69) is 16.6 Å². The van der Waals surface area contributed by atoms with E-state index < -0.39 is 55.0 Å². The second kappa shape index (κ2) is 13.0. The van der Waals surface area contributed by atoms with Crippen molar-refractivity contribution in [2.24, 2.45) is 0 Å². The first-order valence-corrected chi connectivity index (χ1v) is 12.2. The second-order valence-corrected chi connectivity index (χ2v) is 9.25. The molecular formula is C28H31F2N3O5. The van der Waals surface area contributed by atoms with Crippen molar-refractivity contribution in [3.05, 3.63) is 71.3 Å². The number of rotatable bonds is 10. The monoisotopic (exact) mass is 527 g/mol. The molecule has 8 nitrogen and oxygen atoms in total. The fraction of sp³-hybridized carbons (Fsp3) is 0.393. The molecule has 1 fully saturated rings. The lowest BCUT2D eigenvalue weighted by atomic mass is 10.00. The van der Waals surface area contributed by atoms with Gasteiger partial charge in [-0.25, -0.2) is 13.6 Å². The Balaban J connectivity index is 1.71. The van der Waals surface area contributed by atoms with E-state index in [1.54, 1.807) is 30.3 Å². The Morgan fingerprint density at radius 2 is 1.87 bits per heavy atom. The minimum absolute atomic E-state index is 0.0186. The maximum absolute atomic E-state index is 14.4. The third-order valence-corrected chi connectivity index (χ3v) is 6.34. The van der Waals surface area contributed by atoms with Gasteiger partial charge in [-0.05, 0) is 30.0 Å². The number of likely N-dealkylation sites (tertiary alicyclic amines) is 1. The molecule has 0 radical (unpaired) electrons. The molecule has 2 aromatic carbocycles. The number of hydrogen-bond acceptors (Lipinski definition) is 5. The molecule has 1 heterocycles. The number of benzene rings is 2. The van der Waals surface area contributed by atoms with Gasteiger partial charge < -0.3 is 25.4 Å². The molecule has 3 atom stereocenters. The van der Waals surface area contributed by atoms with Crippen molar-refractivity contribution in [3.8, 4) is 12.3 Å². The fourth-order valence-corrected chi connectivity index (χ4v) is 4.38. The predicted molar refractivity (Wildman–Crippen MR) is 136 cm³/mol. The largest absolute Gasteiger partial charge is 0.436 e. The number of ether oxygens (including phenoxy) is 1. The number of nitrogens with zero attached hydrogens (tertiary/aromatic N) is 1. The van der Waals surface area contributed by atoms with Crippen LogP contribution in [-0.2, 0) is 27.3 Å². The molecule has 10 heteroatoms. The Morgan fingerprint density at radius 1 is 1.18 bits per heavy atom. The summed E-state index contributed by atoms with van der Waals surface area (Å²) in [6.07, 6.45) is 1.20. The second-order valence-electron chi connectivity index (χ2n) is 9.25. The van der Waals surface area contributed by atoms with Crippen molar-refractivity contribution in [3.63, 3.8) is 0 Å². The van der Waals surface area contributed by atoms with Crippen LogP contribution in [0.5, 0.6) is 0 Å². The summed E-state index contributed by atoms with van der Waals surface area (Å²) in [7, 11) is 0. The van der Waals surface area contributed by atoms with Crippen LogP contribution in [0.15, 0.2) is 54.6 Å². The lowest BCUT2D eigenvalue weighted by Gasteiger charge is -2.30. The summed E-state index contributed by atoms with van der Waals surface area (Å²) in [4.78, 5) is 38.8. The third kappa shape index (κ3) is 8.02. The van der Waals surface area contributed by atoms with Crippen molar-refractivity contribution in [1.29, 1.82) is 0 Å². The molecule has 1 aliphatic rings. The van der Waals surface area contributed by atoms with Gasteiger partial charge in [-0.3, -0.25) is 9.59 Å². The topological polar surface area (TPSA) is 108 Å². The molecule has 1 aliphatic heterocycles. The highest BCUT2D eigenvalue weighted by Crippen LogP contribution is 2.34. The molecule has 0 bridgehead atoms. The van der Waals surface area contributed by atoms with Crippen LogP contribution in [0.3, 0.4) is 0 Å². The highest BCUT2D eigenvalue weighted by atomic mass is 19.3. The van der Waals surface area contributed by atoms with Crippen LogP contribution < -0.4 is 10.6 Å². The first kappa shape index (κ1) is 28.6. The number of alkyl halides is 2. The minimum atomic E-state index is -3.23. The number of carbonyl (C=O) groups is 3. The highest BCUT2D eigenvalue weighted by molar-refractivity contribution is 5.84. The van der Waals surface area contributed by atoms with E-state index >= 15 is 0 Å². The molecule has 0 aromatic heterocycles. The Labute approximate surface area is 220 Å². The average Bonchev–Trinajstić information content (AvgIpc) is 3.19.